The summed E-state index contributed by atoms with van der Waals surface area (Å²) in [6.07, 6.45) is 3.56. The van der Waals surface area contributed by atoms with Gasteiger partial charge in [-0.05, 0) is 43.7 Å². The van der Waals surface area contributed by atoms with Crippen LogP contribution in [0.1, 0.15) is 25.5 Å². The Labute approximate surface area is 174 Å². The van der Waals surface area contributed by atoms with Gasteiger partial charge in [0.2, 0.25) is 0 Å². The lowest BCUT2D eigenvalue weighted by Gasteiger charge is -2.11. The molecule has 3 N–H and O–H groups in total. The molecule has 4 rings (SSSR count). The number of fused-ring (bicyclic) bond motifs is 1. The van der Waals surface area contributed by atoms with Crippen LogP contribution < -0.4 is 15.2 Å². The smallest absolute Gasteiger partial charge is 0.146 e. The number of anilines is 1. The zero-order chi connectivity index (χ0) is 21.3. The van der Waals surface area contributed by atoms with Gasteiger partial charge in [0, 0.05) is 29.4 Å². The average Bonchev–Trinajstić information content (AvgIpc) is 3.15. The molecule has 2 aromatic carbocycles. The lowest BCUT2D eigenvalue weighted by atomic mass is 10.1. The van der Waals surface area contributed by atoms with Crippen molar-refractivity contribution in [1.29, 1.82) is 0 Å². The molecule has 30 heavy (non-hydrogen) atoms. The van der Waals surface area contributed by atoms with Crippen molar-refractivity contribution in [3.63, 3.8) is 0 Å². The average molecular weight is 404 g/mol. The second kappa shape index (κ2) is 8.04. The molecule has 0 aliphatic heterocycles. The van der Waals surface area contributed by atoms with Crippen LogP contribution in [0.25, 0.3) is 22.2 Å². The van der Waals surface area contributed by atoms with Crippen LogP contribution in [-0.2, 0) is 6.61 Å². The van der Waals surface area contributed by atoms with Crippen LogP contribution in [0.5, 0.6) is 17.2 Å². The van der Waals surface area contributed by atoms with Gasteiger partial charge >= 0.3 is 0 Å². The number of methoxy groups -OCH3 is 1. The molecule has 154 valence electrons. The Bertz CT molecular complexity index is 1180. The second-order valence-electron chi connectivity index (χ2n) is 7.26. The predicted molar refractivity (Wildman–Crippen MR) is 117 cm³/mol. The van der Waals surface area contributed by atoms with Crippen LogP contribution >= 0.6 is 0 Å². The zero-order valence-electron chi connectivity index (χ0n) is 17.2. The van der Waals surface area contributed by atoms with Crippen molar-refractivity contribution in [2.45, 2.75) is 26.5 Å². The summed E-state index contributed by atoms with van der Waals surface area (Å²) in [5.74, 6) is 2.37. The Hall–Kier alpha value is -3.58. The van der Waals surface area contributed by atoms with Gasteiger partial charge in [0.1, 0.15) is 35.0 Å². The predicted octanol–water partition coefficient (Wildman–Crippen LogP) is 4.55. The molecule has 4 aromatic rings. The van der Waals surface area contributed by atoms with Gasteiger partial charge in [-0.1, -0.05) is 12.1 Å². The van der Waals surface area contributed by atoms with E-state index in [-0.39, 0.29) is 12.6 Å². The van der Waals surface area contributed by atoms with E-state index in [2.05, 4.69) is 34.6 Å². The summed E-state index contributed by atoms with van der Waals surface area (Å²) in [6.45, 7) is 4.12. The minimum atomic E-state index is -0.0883. The van der Waals surface area contributed by atoms with Crippen molar-refractivity contribution in [2.24, 2.45) is 0 Å². The number of benzene rings is 2. The fourth-order valence-electron chi connectivity index (χ4n) is 3.48. The monoisotopic (exact) mass is 404 g/mol. The molecule has 7 nitrogen and oxygen atoms in total. The normalized spacial score (nSPS) is 11.2. The van der Waals surface area contributed by atoms with Gasteiger partial charge in [-0.25, -0.2) is 9.97 Å². The molecule has 2 aromatic heterocycles. The molecule has 0 aliphatic rings. The van der Waals surface area contributed by atoms with Crippen LogP contribution in [0, 0.1) is 0 Å². The number of ether oxygens (including phenoxy) is 2. The molecular formula is C23H24N4O3. The van der Waals surface area contributed by atoms with E-state index in [0.29, 0.717) is 28.6 Å². The van der Waals surface area contributed by atoms with E-state index in [9.17, 15) is 5.11 Å². The van der Waals surface area contributed by atoms with Crippen molar-refractivity contribution in [2.75, 3.05) is 12.8 Å². The highest BCUT2D eigenvalue weighted by Gasteiger charge is 2.16. The summed E-state index contributed by atoms with van der Waals surface area (Å²) < 4.78 is 13.3. The van der Waals surface area contributed by atoms with E-state index in [1.165, 1.54) is 6.33 Å². The Morgan fingerprint density at radius 2 is 1.80 bits per heavy atom. The Balaban J connectivity index is 1.66. The summed E-state index contributed by atoms with van der Waals surface area (Å²) >= 11 is 0. The van der Waals surface area contributed by atoms with Gasteiger partial charge in [0.15, 0.2) is 0 Å². The number of aromatic nitrogens is 3. The van der Waals surface area contributed by atoms with E-state index >= 15 is 0 Å². The van der Waals surface area contributed by atoms with Crippen LogP contribution in [0.15, 0.2) is 55.0 Å². The molecule has 0 saturated heterocycles. The molecule has 2 heterocycles. The molecule has 0 spiro atoms. The standard InChI is InChI=1S/C23H24N4O3/c1-14(2)27-11-19(21-22(24)25-13-26-23(21)27)15-4-7-17(8-5-15)30-18-9-6-16(12-28)20(10-18)29-3/h4-11,13-14,28H,12H2,1-3H3,(H2,24,25,26). The number of nitrogens with zero attached hydrogens (tertiary/aromatic N) is 3. The van der Waals surface area contributed by atoms with Crippen LogP contribution in [-0.4, -0.2) is 26.8 Å². The highest BCUT2D eigenvalue weighted by atomic mass is 16.5. The van der Waals surface area contributed by atoms with Gasteiger partial charge < -0.3 is 24.9 Å². The van der Waals surface area contributed by atoms with Crippen molar-refractivity contribution in [3.05, 3.63) is 60.6 Å². The van der Waals surface area contributed by atoms with Crippen molar-refractivity contribution < 1.29 is 14.6 Å². The Kier molecular flexibility index (Phi) is 5.29. The highest BCUT2D eigenvalue weighted by molar-refractivity contribution is 6.00. The summed E-state index contributed by atoms with van der Waals surface area (Å²) in [7, 11) is 1.57. The SMILES string of the molecule is COc1cc(Oc2ccc(-c3cn(C(C)C)c4ncnc(N)c34)cc2)ccc1CO. The molecule has 0 saturated carbocycles. The highest BCUT2D eigenvalue weighted by Crippen LogP contribution is 2.35. The van der Waals surface area contributed by atoms with Crippen molar-refractivity contribution in [1.82, 2.24) is 14.5 Å². The maximum atomic E-state index is 9.36. The number of nitrogens with two attached hydrogens (primary N) is 1. The second-order valence-corrected chi connectivity index (χ2v) is 7.26. The third-order valence-electron chi connectivity index (χ3n) is 5.02. The molecule has 0 atom stereocenters. The summed E-state index contributed by atoms with van der Waals surface area (Å²) in [5.41, 5.74) is 9.69. The van der Waals surface area contributed by atoms with Gasteiger partial charge in [-0.2, -0.15) is 0 Å². The Morgan fingerprint density at radius 3 is 2.47 bits per heavy atom. The fourth-order valence-corrected chi connectivity index (χ4v) is 3.48. The first-order valence-corrected chi connectivity index (χ1v) is 9.69. The van der Waals surface area contributed by atoms with Gasteiger partial charge in [-0.15, -0.1) is 0 Å². The number of rotatable bonds is 6. The van der Waals surface area contributed by atoms with Crippen molar-refractivity contribution >= 4 is 16.9 Å². The first-order chi connectivity index (χ1) is 14.5. The molecule has 0 radical (unpaired) electrons. The number of aliphatic hydroxyl groups is 1. The molecular weight excluding hydrogens is 380 g/mol. The minimum Gasteiger partial charge on any atom is -0.496 e. The lowest BCUT2D eigenvalue weighted by molar-refractivity contribution is 0.273. The topological polar surface area (TPSA) is 95.4 Å². The maximum absolute atomic E-state index is 9.36. The summed E-state index contributed by atoms with van der Waals surface area (Å²) in [5, 5.41) is 10.2. The molecule has 7 heteroatoms. The third kappa shape index (κ3) is 3.55. The van der Waals surface area contributed by atoms with E-state index in [1.807, 2.05) is 24.3 Å². The van der Waals surface area contributed by atoms with Crippen molar-refractivity contribution in [3.8, 4) is 28.4 Å². The molecule has 0 aliphatic carbocycles. The van der Waals surface area contributed by atoms with Crippen LogP contribution in [0.2, 0.25) is 0 Å². The largest absolute Gasteiger partial charge is 0.496 e. The third-order valence-corrected chi connectivity index (χ3v) is 5.02. The first-order valence-electron chi connectivity index (χ1n) is 9.69. The molecule has 0 unspecified atom stereocenters. The Morgan fingerprint density at radius 1 is 1.07 bits per heavy atom. The number of aliphatic hydroxyl groups excluding tert-OH is 1. The maximum Gasteiger partial charge on any atom is 0.146 e. The molecule has 0 bridgehead atoms. The molecule has 0 fully saturated rings. The van der Waals surface area contributed by atoms with E-state index < -0.39 is 0 Å². The summed E-state index contributed by atoms with van der Waals surface area (Å²) in [6, 6.07) is 13.4. The molecule has 0 amide bonds. The van der Waals surface area contributed by atoms with Crippen LogP contribution in [0.3, 0.4) is 0 Å². The van der Waals surface area contributed by atoms with Gasteiger partial charge in [-0.3, -0.25) is 0 Å². The zero-order valence-corrected chi connectivity index (χ0v) is 17.2. The fraction of sp³-hybridized carbons (Fsp3) is 0.217. The number of hydrogen-bond donors (Lipinski definition) is 2. The minimum absolute atomic E-state index is 0.0883. The first kappa shape index (κ1) is 19.7. The summed E-state index contributed by atoms with van der Waals surface area (Å²) in [4.78, 5) is 8.60. The van der Waals surface area contributed by atoms with Gasteiger partial charge in [0.25, 0.3) is 0 Å². The number of nitrogen functional groups attached to an aromatic ring is 1. The van der Waals surface area contributed by atoms with E-state index in [1.54, 1.807) is 25.3 Å². The van der Waals surface area contributed by atoms with E-state index in [4.69, 9.17) is 15.2 Å². The number of hydrogen-bond acceptors (Lipinski definition) is 6. The van der Waals surface area contributed by atoms with Gasteiger partial charge in [0.05, 0.1) is 19.1 Å². The quantitative estimate of drug-likeness (QED) is 0.489. The van der Waals surface area contributed by atoms with Crippen LogP contribution in [0.4, 0.5) is 5.82 Å². The lowest BCUT2D eigenvalue weighted by Crippen LogP contribution is -2.00. The van der Waals surface area contributed by atoms with E-state index in [0.717, 1.165) is 22.2 Å².